The summed E-state index contributed by atoms with van der Waals surface area (Å²) in [5.41, 5.74) is 5.38. The summed E-state index contributed by atoms with van der Waals surface area (Å²) >= 11 is 0. The summed E-state index contributed by atoms with van der Waals surface area (Å²) in [6, 6.07) is 10.9. The highest BCUT2D eigenvalue weighted by Crippen LogP contribution is 2.21. The third-order valence-electron chi connectivity index (χ3n) is 3.79. The van der Waals surface area contributed by atoms with Crippen molar-refractivity contribution in [2.24, 2.45) is 0 Å². The van der Waals surface area contributed by atoms with Gasteiger partial charge in [0.1, 0.15) is 0 Å². The van der Waals surface area contributed by atoms with E-state index in [2.05, 4.69) is 10.6 Å². The van der Waals surface area contributed by atoms with Crippen LogP contribution in [0.3, 0.4) is 0 Å². The van der Waals surface area contributed by atoms with Gasteiger partial charge in [0.15, 0.2) is 0 Å². The fraction of sp³-hybridized carbons (Fsp3) is 0.300. The van der Waals surface area contributed by atoms with E-state index in [-0.39, 0.29) is 18.4 Å². The van der Waals surface area contributed by atoms with Gasteiger partial charge in [0.05, 0.1) is 18.7 Å². The average Bonchev–Trinajstić information content (AvgIpc) is 2.57. The summed E-state index contributed by atoms with van der Waals surface area (Å²) in [6.07, 6.45) is 0. The van der Waals surface area contributed by atoms with Crippen molar-refractivity contribution >= 4 is 23.3 Å². The van der Waals surface area contributed by atoms with Crippen molar-refractivity contribution in [2.45, 2.75) is 27.7 Å². The molecule has 0 bridgehead atoms. The summed E-state index contributed by atoms with van der Waals surface area (Å²) < 4.78 is 4.94. The average molecular weight is 340 g/mol. The maximum Gasteiger partial charge on any atom is 0.338 e. The Balaban J connectivity index is 1.93. The fourth-order valence-electron chi connectivity index (χ4n) is 2.68. The number of amides is 1. The van der Waals surface area contributed by atoms with Crippen molar-refractivity contribution in [2.75, 3.05) is 23.8 Å². The number of carbonyl (C=O) groups excluding carboxylic acids is 2. The highest BCUT2D eigenvalue weighted by Gasteiger charge is 2.09. The first-order chi connectivity index (χ1) is 11.9. The van der Waals surface area contributed by atoms with Crippen LogP contribution < -0.4 is 10.6 Å². The van der Waals surface area contributed by atoms with Crippen LogP contribution >= 0.6 is 0 Å². The molecule has 0 saturated carbocycles. The van der Waals surface area contributed by atoms with Crippen molar-refractivity contribution < 1.29 is 14.3 Å². The molecule has 0 saturated heterocycles. The maximum absolute atomic E-state index is 12.2. The zero-order valence-electron chi connectivity index (χ0n) is 15.1. The minimum atomic E-state index is -0.350. The molecule has 0 atom stereocenters. The second kappa shape index (κ2) is 8.33. The Morgan fingerprint density at radius 3 is 2.16 bits per heavy atom. The number of esters is 1. The molecule has 0 radical (unpaired) electrons. The normalized spacial score (nSPS) is 10.2. The van der Waals surface area contributed by atoms with Crippen LogP contribution in [0.1, 0.15) is 34.0 Å². The van der Waals surface area contributed by atoms with Crippen LogP contribution in [0.2, 0.25) is 0 Å². The Labute approximate surface area is 148 Å². The third kappa shape index (κ3) is 5.08. The number of rotatable bonds is 6. The molecule has 25 heavy (non-hydrogen) atoms. The number of anilines is 2. The summed E-state index contributed by atoms with van der Waals surface area (Å²) in [5.74, 6) is -0.471. The summed E-state index contributed by atoms with van der Waals surface area (Å²) in [5, 5.41) is 6.00. The van der Waals surface area contributed by atoms with Gasteiger partial charge in [0, 0.05) is 11.4 Å². The van der Waals surface area contributed by atoms with Gasteiger partial charge in [-0.3, -0.25) is 4.79 Å². The lowest BCUT2D eigenvalue weighted by molar-refractivity contribution is -0.114. The monoisotopic (exact) mass is 340 g/mol. The predicted octanol–water partition coefficient (Wildman–Crippen LogP) is 3.84. The summed E-state index contributed by atoms with van der Waals surface area (Å²) in [4.78, 5) is 23.8. The van der Waals surface area contributed by atoms with Gasteiger partial charge in [-0.05, 0) is 63.1 Å². The quantitative estimate of drug-likeness (QED) is 0.784. The molecule has 2 N–H and O–H groups in total. The molecule has 2 rings (SSSR count). The van der Waals surface area contributed by atoms with Crippen LogP contribution in [-0.4, -0.2) is 25.0 Å². The lowest BCUT2D eigenvalue weighted by Crippen LogP contribution is -2.22. The highest BCUT2D eigenvalue weighted by molar-refractivity contribution is 5.95. The minimum Gasteiger partial charge on any atom is -0.462 e. The van der Waals surface area contributed by atoms with Crippen molar-refractivity contribution in [3.05, 3.63) is 58.7 Å². The van der Waals surface area contributed by atoms with Gasteiger partial charge in [0.2, 0.25) is 5.91 Å². The topological polar surface area (TPSA) is 67.4 Å². The van der Waals surface area contributed by atoms with E-state index in [1.807, 2.05) is 32.9 Å². The second-order valence-corrected chi connectivity index (χ2v) is 5.97. The molecule has 0 aliphatic rings. The first-order valence-electron chi connectivity index (χ1n) is 8.29. The van der Waals surface area contributed by atoms with Gasteiger partial charge < -0.3 is 15.4 Å². The second-order valence-electron chi connectivity index (χ2n) is 5.97. The molecule has 0 heterocycles. The molecule has 0 fully saturated rings. The zero-order valence-corrected chi connectivity index (χ0v) is 15.1. The van der Waals surface area contributed by atoms with Gasteiger partial charge in [-0.1, -0.05) is 17.7 Å². The number of hydrogen-bond acceptors (Lipinski definition) is 4. The Bertz CT molecular complexity index is 744. The largest absolute Gasteiger partial charge is 0.462 e. The van der Waals surface area contributed by atoms with Crippen LogP contribution in [0.25, 0.3) is 0 Å². The van der Waals surface area contributed by atoms with E-state index in [1.165, 1.54) is 5.56 Å². The van der Waals surface area contributed by atoms with E-state index in [9.17, 15) is 9.59 Å². The summed E-state index contributed by atoms with van der Waals surface area (Å²) in [7, 11) is 0. The molecule has 5 nitrogen and oxygen atoms in total. The van der Waals surface area contributed by atoms with Crippen LogP contribution in [0.5, 0.6) is 0 Å². The number of ether oxygens (including phenoxy) is 1. The number of nitrogens with one attached hydrogen (secondary N) is 2. The number of aryl methyl sites for hydroxylation is 3. The van der Waals surface area contributed by atoms with E-state index >= 15 is 0 Å². The summed E-state index contributed by atoms with van der Waals surface area (Å²) in [6.45, 7) is 8.26. The van der Waals surface area contributed by atoms with Gasteiger partial charge in [-0.25, -0.2) is 4.79 Å². The lowest BCUT2D eigenvalue weighted by atomic mass is 10.1. The number of carbonyl (C=O) groups is 2. The molecular weight excluding hydrogens is 316 g/mol. The molecule has 5 heteroatoms. The van der Waals surface area contributed by atoms with Crippen LogP contribution in [-0.2, 0) is 9.53 Å². The fourth-order valence-corrected chi connectivity index (χ4v) is 2.68. The molecule has 2 aromatic carbocycles. The molecule has 1 amide bonds. The smallest absolute Gasteiger partial charge is 0.338 e. The van der Waals surface area contributed by atoms with Gasteiger partial charge >= 0.3 is 5.97 Å². The predicted molar refractivity (Wildman–Crippen MR) is 100 cm³/mol. The molecule has 0 spiro atoms. The number of hydrogen-bond donors (Lipinski definition) is 2. The zero-order chi connectivity index (χ0) is 18.4. The Hall–Kier alpha value is -2.82. The standard InChI is InChI=1S/C20H24N2O3/c1-5-25-20(24)16-6-8-17(9-7-16)21-12-18(23)22-19-14(3)10-13(2)11-15(19)4/h6-11,21H,5,12H2,1-4H3,(H,22,23). The van der Waals surface area contributed by atoms with Crippen molar-refractivity contribution in [3.8, 4) is 0 Å². The molecule has 2 aromatic rings. The minimum absolute atomic E-state index is 0.121. The van der Waals surface area contributed by atoms with E-state index < -0.39 is 0 Å². The Morgan fingerprint density at radius 1 is 1.00 bits per heavy atom. The first-order valence-corrected chi connectivity index (χ1v) is 8.29. The lowest BCUT2D eigenvalue weighted by Gasteiger charge is -2.13. The molecule has 0 unspecified atom stereocenters. The van der Waals surface area contributed by atoms with E-state index in [1.54, 1.807) is 31.2 Å². The first kappa shape index (κ1) is 18.5. The van der Waals surface area contributed by atoms with E-state index in [0.717, 1.165) is 22.5 Å². The van der Waals surface area contributed by atoms with Crippen molar-refractivity contribution in [1.29, 1.82) is 0 Å². The Morgan fingerprint density at radius 2 is 1.60 bits per heavy atom. The van der Waals surface area contributed by atoms with Crippen LogP contribution in [0, 0.1) is 20.8 Å². The van der Waals surface area contributed by atoms with Gasteiger partial charge in [-0.15, -0.1) is 0 Å². The SMILES string of the molecule is CCOC(=O)c1ccc(NCC(=O)Nc2c(C)cc(C)cc2C)cc1. The molecule has 0 aromatic heterocycles. The molecule has 132 valence electrons. The van der Waals surface area contributed by atoms with Gasteiger partial charge in [0.25, 0.3) is 0 Å². The Kier molecular flexibility index (Phi) is 6.17. The van der Waals surface area contributed by atoms with Crippen molar-refractivity contribution in [3.63, 3.8) is 0 Å². The number of benzene rings is 2. The van der Waals surface area contributed by atoms with Crippen LogP contribution in [0.4, 0.5) is 11.4 Å². The highest BCUT2D eigenvalue weighted by atomic mass is 16.5. The van der Waals surface area contributed by atoms with E-state index in [0.29, 0.717) is 12.2 Å². The molecule has 0 aliphatic carbocycles. The van der Waals surface area contributed by atoms with Crippen LogP contribution in [0.15, 0.2) is 36.4 Å². The molecular formula is C20H24N2O3. The third-order valence-corrected chi connectivity index (χ3v) is 3.79. The van der Waals surface area contributed by atoms with Gasteiger partial charge in [-0.2, -0.15) is 0 Å². The maximum atomic E-state index is 12.2. The van der Waals surface area contributed by atoms with E-state index in [4.69, 9.17) is 4.74 Å². The van der Waals surface area contributed by atoms with Crippen molar-refractivity contribution in [1.82, 2.24) is 0 Å². The molecule has 0 aliphatic heterocycles.